The van der Waals surface area contributed by atoms with Gasteiger partial charge in [0.1, 0.15) is 17.7 Å². The number of hydrogen-bond acceptors (Lipinski definition) is 12. The van der Waals surface area contributed by atoms with E-state index in [1.807, 2.05) is 74.5 Å². The number of fused-ring (bicyclic) bond motifs is 2. The molecule has 0 fully saturated rings. The predicted octanol–water partition coefficient (Wildman–Crippen LogP) is 3.63. The average molecular weight is 849 g/mol. The van der Waals surface area contributed by atoms with Crippen molar-refractivity contribution in [1.29, 1.82) is 5.41 Å². The van der Waals surface area contributed by atoms with Crippen LogP contribution >= 0.6 is 35.5 Å². The molecule has 8 N–H and O–H groups in total. The van der Waals surface area contributed by atoms with Crippen molar-refractivity contribution >= 4 is 82.2 Å². The van der Waals surface area contributed by atoms with Crippen molar-refractivity contribution in [1.82, 2.24) is 29.2 Å². The Morgan fingerprint density at radius 1 is 0.914 bits per heavy atom. The van der Waals surface area contributed by atoms with E-state index in [0.29, 0.717) is 31.5 Å². The molecular formula is C38H45ClN12O5S2. The number of likely N-dealkylation sites (N-methyl/N-ethyl adjacent to an activating group) is 2. The number of aliphatic imine (C=N–C) groups is 1. The average Bonchev–Trinajstić information content (AvgIpc) is 3.89. The molecule has 0 saturated heterocycles. The maximum Gasteiger partial charge on any atom is 0.373 e. The van der Waals surface area contributed by atoms with Crippen LogP contribution in [0.2, 0.25) is 0 Å². The number of benzene rings is 2. The molecule has 20 heteroatoms. The number of amidine groups is 2. The third-order valence-corrected chi connectivity index (χ3v) is 11.0. The number of amides is 3. The van der Waals surface area contributed by atoms with E-state index in [0.717, 1.165) is 51.6 Å². The van der Waals surface area contributed by atoms with E-state index in [4.69, 9.17) is 22.0 Å². The van der Waals surface area contributed by atoms with Crippen molar-refractivity contribution < 1.29 is 24.3 Å². The van der Waals surface area contributed by atoms with Crippen molar-refractivity contribution in [2.75, 3.05) is 23.9 Å². The molecular weight excluding hydrogens is 804 g/mol. The summed E-state index contributed by atoms with van der Waals surface area (Å²) in [5, 5.41) is 25.0. The van der Waals surface area contributed by atoms with Gasteiger partial charge in [0.05, 0.1) is 28.8 Å². The molecule has 17 nitrogen and oxygen atoms in total. The molecule has 2 aliphatic heterocycles. The van der Waals surface area contributed by atoms with Gasteiger partial charge in [-0.1, -0.05) is 60.7 Å². The van der Waals surface area contributed by atoms with E-state index in [9.17, 15) is 19.2 Å². The fourth-order valence-corrected chi connectivity index (χ4v) is 8.01. The largest absolute Gasteiger partial charge is 0.475 e. The number of H-pyrrole nitrogens is 1. The Kier molecular flexibility index (Phi) is 15.8. The monoisotopic (exact) mass is 848 g/mol. The summed E-state index contributed by atoms with van der Waals surface area (Å²) in [6.45, 7) is 3.82. The van der Waals surface area contributed by atoms with Crippen LogP contribution in [0.1, 0.15) is 61.6 Å². The number of carboxylic acids is 1. The van der Waals surface area contributed by atoms with Gasteiger partial charge in [-0.15, -0.1) is 17.5 Å². The zero-order chi connectivity index (χ0) is 41.2. The quantitative estimate of drug-likeness (QED) is 0.106. The van der Waals surface area contributed by atoms with Crippen LogP contribution in [0.5, 0.6) is 0 Å². The Bertz CT molecular complexity index is 2260. The third-order valence-electron chi connectivity index (χ3n) is 9.03. The van der Waals surface area contributed by atoms with Gasteiger partial charge < -0.3 is 31.7 Å². The molecule has 2 atom stereocenters. The topological polar surface area (TPSA) is 263 Å². The van der Waals surface area contributed by atoms with Crippen LogP contribution in [-0.2, 0) is 40.1 Å². The number of rotatable bonds is 6. The van der Waals surface area contributed by atoms with Crippen molar-refractivity contribution in [2.24, 2.45) is 16.5 Å². The van der Waals surface area contributed by atoms with Gasteiger partial charge in [-0.05, 0) is 73.7 Å². The van der Waals surface area contributed by atoms with Gasteiger partial charge in [0.15, 0.2) is 0 Å². The number of carbonyl (C=O) groups is 4. The molecule has 5 aromatic rings. The maximum absolute atomic E-state index is 12.8. The first-order chi connectivity index (χ1) is 27.2. The summed E-state index contributed by atoms with van der Waals surface area (Å²) in [7, 11) is 3.49. The predicted molar refractivity (Wildman–Crippen MR) is 226 cm³/mol. The van der Waals surface area contributed by atoms with Crippen LogP contribution in [0.25, 0.3) is 0 Å². The highest BCUT2D eigenvalue weighted by Gasteiger charge is 2.33. The molecule has 7 rings (SSSR count). The normalized spacial score (nSPS) is 16.2. The van der Waals surface area contributed by atoms with Crippen LogP contribution < -0.4 is 26.6 Å². The van der Waals surface area contributed by atoms with E-state index in [-0.39, 0.29) is 41.9 Å². The minimum Gasteiger partial charge on any atom is -0.475 e. The lowest BCUT2D eigenvalue weighted by Gasteiger charge is -2.21. The lowest BCUT2D eigenvalue weighted by atomic mass is 10.1. The summed E-state index contributed by atoms with van der Waals surface area (Å²) in [5.74, 6) is -1.99. The highest BCUT2D eigenvalue weighted by Crippen LogP contribution is 2.33. The van der Waals surface area contributed by atoms with Crippen molar-refractivity contribution in [3.8, 4) is 0 Å². The van der Waals surface area contributed by atoms with E-state index in [2.05, 4.69) is 34.2 Å². The number of nitrogens with one attached hydrogen (secondary N) is 3. The molecule has 2 aliphatic rings. The number of carbonyl (C=O) groups excluding carboxylic acids is 3. The number of aliphatic carboxylic acids is 1. The molecule has 5 heterocycles. The van der Waals surface area contributed by atoms with Crippen molar-refractivity contribution in [3.63, 3.8) is 0 Å². The summed E-state index contributed by atoms with van der Waals surface area (Å²) in [6, 6.07) is 18.1. The first-order valence-corrected chi connectivity index (χ1v) is 19.4. The first-order valence-electron chi connectivity index (χ1n) is 17.9. The molecule has 0 aliphatic carbocycles. The van der Waals surface area contributed by atoms with Gasteiger partial charge in [-0.3, -0.25) is 24.9 Å². The minimum atomic E-state index is -1.38. The summed E-state index contributed by atoms with van der Waals surface area (Å²) < 4.78 is 8.59. The van der Waals surface area contributed by atoms with E-state index < -0.39 is 23.8 Å². The molecule has 2 aromatic carbocycles. The molecule has 0 spiro atoms. The Hall–Kier alpha value is -5.89. The summed E-state index contributed by atoms with van der Waals surface area (Å²) in [6.07, 6.45) is 3.69. The molecule has 3 amide bonds. The smallest absolute Gasteiger partial charge is 0.373 e. The number of halogens is 1. The summed E-state index contributed by atoms with van der Waals surface area (Å²) in [4.78, 5) is 60.6. The second-order valence-corrected chi connectivity index (χ2v) is 15.0. The number of nitrogens with two attached hydrogens (primary N) is 2. The zero-order valence-electron chi connectivity index (χ0n) is 32.3. The SMILES string of the molecule is Cc1nsc2c1N(C)C(=O)[C@@H](N)CC2.Cc1nsc2c1N(C)C(=O)[C@@H](NC(=O)c1n[nH]c(Cc3ccccc3)n1)CC2.Cl.N=C(N=C(N)Cc1ccccc1)C(=O)O. The highest BCUT2D eigenvalue weighted by atomic mass is 35.5. The van der Waals surface area contributed by atoms with Gasteiger partial charge in [-0.25, -0.2) is 14.8 Å². The fraction of sp³-hybridized carbons (Fsp3) is 0.316. The van der Waals surface area contributed by atoms with E-state index >= 15 is 0 Å². The Labute approximate surface area is 349 Å². The number of aromatic nitrogens is 5. The van der Waals surface area contributed by atoms with E-state index in [1.165, 1.54) is 27.9 Å². The zero-order valence-corrected chi connectivity index (χ0v) is 34.7. The standard InChI is InChI=1S/C19H20N6O2S.C10H11N3O2.C9H13N3OS.ClH/c1-11-16-14(28-24-11)9-8-13(19(27)25(16)2)20-18(26)17-21-15(22-23-17)10-12-6-4-3-5-7-12;11-8(13-9(12)10(14)15)6-7-4-2-1-3-5-7;1-5-8-7(14-11-5)4-3-6(10)9(13)12(8)2;/h3-7,13H,8-10H2,1-2H3,(H,20,26)(H,21,22,23);1-5H,6H2,(H,14,15)(H3,11,12,13);6H,3-4,10H2,1-2H3;1H/t13-;;6-;/m0.0./s1. The second-order valence-electron chi connectivity index (χ2n) is 13.3. The van der Waals surface area contributed by atoms with Gasteiger partial charge in [0.2, 0.25) is 23.5 Å². The number of anilines is 2. The Morgan fingerprint density at radius 2 is 1.45 bits per heavy atom. The molecule has 0 saturated carbocycles. The number of carboxylic acid groups (broad SMARTS) is 1. The number of hydrogen-bond donors (Lipinski definition) is 6. The van der Waals surface area contributed by atoms with Crippen LogP contribution in [0.15, 0.2) is 65.7 Å². The fourth-order valence-electron chi connectivity index (χ4n) is 6.18. The lowest BCUT2D eigenvalue weighted by Crippen LogP contribution is -2.47. The van der Waals surface area contributed by atoms with Crippen LogP contribution in [0, 0.1) is 19.3 Å². The molecule has 3 aromatic heterocycles. The summed E-state index contributed by atoms with van der Waals surface area (Å²) >= 11 is 2.88. The number of aromatic amines is 1. The Morgan fingerprint density at radius 3 is 2.02 bits per heavy atom. The molecule has 0 unspecified atom stereocenters. The number of aryl methyl sites for hydroxylation is 4. The van der Waals surface area contributed by atoms with Crippen molar-refractivity contribution in [2.45, 2.75) is 64.5 Å². The minimum absolute atomic E-state index is 0. The van der Waals surface area contributed by atoms with Gasteiger partial charge in [0.25, 0.3) is 5.91 Å². The lowest BCUT2D eigenvalue weighted by molar-refractivity contribution is -0.129. The molecule has 0 radical (unpaired) electrons. The van der Waals surface area contributed by atoms with Crippen molar-refractivity contribution in [3.05, 3.63) is 105 Å². The van der Waals surface area contributed by atoms with Gasteiger partial charge in [0, 0.05) is 36.7 Å². The van der Waals surface area contributed by atoms with E-state index in [1.54, 1.807) is 23.9 Å². The maximum atomic E-state index is 12.8. The van der Waals surface area contributed by atoms with Crippen LogP contribution in [-0.4, -0.2) is 90.6 Å². The van der Waals surface area contributed by atoms with Gasteiger partial charge in [-0.2, -0.15) is 8.75 Å². The van der Waals surface area contributed by atoms with Crippen LogP contribution in [0.4, 0.5) is 11.4 Å². The number of nitrogens with zero attached hydrogens (tertiary/aromatic N) is 7. The Balaban J connectivity index is 0.000000210. The van der Waals surface area contributed by atoms with Crippen LogP contribution in [0.3, 0.4) is 0 Å². The summed E-state index contributed by atoms with van der Waals surface area (Å²) in [5.41, 5.74) is 16.8. The highest BCUT2D eigenvalue weighted by molar-refractivity contribution is 7.06. The van der Waals surface area contributed by atoms with Gasteiger partial charge >= 0.3 is 5.97 Å². The molecule has 0 bridgehead atoms. The molecule has 306 valence electrons. The molecule has 58 heavy (non-hydrogen) atoms. The first kappa shape index (κ1) is 44.8. The second kappa shape index (κ2) is 20.5. The third kappa shape index (κ3) is 11.4.